The average molecular weight is 499 g/mol. The van der Waals surface area contributed by atoms with Gasteiger partial charge in [-0.1, -0.05) is 67.6 Å². The Morgan fingerprint density at radius 1 is 0.944 bits per heavy atom. The molecule has 4 aromatic carbocycles. The number of anilines is 1. The number of carbonyl (C=O) groups is 1. The minimum atomic E-state index is -0.806. The number of thiocarbonyl (C=S) groups is 1. The molecule has 0 spiro atoms. The predicted octanol–water partition coefficient (Wildman–Crippen LogP) is 6.45. The zero-order valence-corrected chi connectivity index (χ0v) is 21.1. The van der Waals surface area contributed by atoms with E-state index < -0.39 is 5.97 Å². The van der Waals surface area contributed by atoms with E-state index in [2.05, 4.69) is 54.0 Å². The Morgan fingerprint density at radius 3 is 2.53 bits per heavy atom. The van der Waals surface area contributed by atoms with Crippen LogP contribution < -0.4 is 15.4 Å². The van der Waals surface area contributed by atoms with Crippen LogP contribution in [0.3, 0.4) is 0 Å². The fourth-order valence-corrected chi connectivity index (χ4v) is 4.35. The average Bonchev–Trinajstić information content (AvgIpc) is 2.90. The number of fused-ring (bicyclic) bond motifs is 1. The van der Waals surface area contributed by atoms with Crippen LogP contribution in [-0.2, 0) is 17.6 Å². The van der Waals surface area contributed by atoms with Crippen LogP contribution in [0.5, 0.6) is 5.75 Å². The van der Waals surface area contributed by atoms with Crippen molar-refractivity contribution >= 4 is 39.8 Å². The first-order valence-corrected chi connectivity index (χ1v) is 12.5. The zero-order chi connectivity index (χ0) is 25.3. The number of para-hydroxylation sites is 1. The lowest BCUT2D eigenvalue weighted by molar-refractivity contribution is -0.136. The third kappa shape index (κ3) is 6.61. The molecule has 0 aliphatic carbocycles. The van der Waals surface area contributed by atoms with Crippen LogP contribution in [0, 0.1) is 0 Å². The van der Waals surface area contributed by atoms with Gasteiger partial charge in [-0.05, 0) is 76.8 Å². The summed E-state index contributed by atoms with van der Waals surface area (Å²) in [7, 11) is 0. The summed E-state index contributed by atoms with van der Waals surface area (Å²) >= 11 is 5.46. The molecule has 0 amide bonds. The van der Waals surface area contributed by atoms with E-state index in [9.17, 15) is 4.79 Å². The summed E-state index contributed by atoms with van der Waals surface area (Å²) in [6.45, 7) is 3.08. The molecule has 5 nitrogen and oxygen atoms in total. The molecule has 0 saturated heterocycles. The van der Waals surface area contributed by atoms with E-state index in [1.54, 1.807) is 0 Å². The first kappa shape index (κ1) is 25.2. The lowest BCUT2D eigenvalue weighted by atomic mass is 9.97. The lowest BCUT2D eigenvalue weighted by Crippen LogP contribution is -2.32. The minimum Gasteiger partial charge on any atom is -0.491 e. The number of aryl methyl sites for hydroxylation is 2. The summed E-state index contributed by atoms with van der Waals surface area (Å²) in [5.74, 6) is -0.0545. The third-order valence-corrected chi connectivity index (χ3v) is 6.27. The van der Waals surface area contributed by atoms with Gasteiger partial charge in [0.2, 0.25) is 0 Å². The smallest absolute Gasteiger partial charge is 0.303 e. The van der Waals surface area contributed by atoms with Crippen molar-refractivity contribution in [2.75, 3.05) is 18.5 Å². The zero-order valence-electron chi connectivity index (χ0n) is 20.3. The Labute approximate surface area is 217 Å². The number of rotatable bonds is 10. The molecule has 36 heavy (non-hydrogen) atoms. The van der Waals surface area contributed by atoms with Crippen molar-refractivity contribution < 1.29 is 14.6 Å². The number of hydrogen-bond acceptors (Lipinski definition) is 3. The van der Waals surface area contributed by atoms with Gasteiger partial charge in [-0.2, -0.15) is 0 Å². The number of carboxylic acid groups (broad SMARTS) is 1. The molecule has 0 saturated carbocycles. The van der Waals surface area contributed by atoms with Gasteiger partial charge in [0.05, 0.1) is 6.54 Å². The number of aliphatic carboxylic acids is 1. The number of nitrogens with one attached hydrogen (secondary N) is 2. The fraction of sp³-hybridized carbons (Fsp3) is 0.200. The van der Waals surface area contributed by atoms with Crippen molar-refractivity contribution in [3.8, 4) is 16.9 Å². The second-order valence-electron chi connectivity index (χ2n) is 8.53. The summed E-state index contributed by atoms with van der Waals surface area (Å²) in [6, 6.07) is 28.5. The van der Waals surface area contributed by atoms with E-state index in [0.29, 0.717) is 24.7 Å². The van der Waals surface area contributed by atoms with Crippen LogP contribution in [0.1, 0.15) is 24.5 Å². The van der Waals surface area contributed by atoms with Crippen molar-refractivity contribution in [3.63, 3.8) is 0 Å². The van der Waals surface area contributed by atoms with Crippen molar-refractivity contribution in [2.24, 2.45) is 0 Å². The molecule has 0 aromatic heterocycles. The molecular weight excluding hydrogens is 468 g/mol. The number of carboxylic acids is 1. The molecule has 0 aliphatic heterocycles. The normalized spacial score (nSPS) is 10.7. The van der Waals surface area contributed by atoms with Gasteiger partial charge in [-0.3, -0.25) is 4.79 Å². The molecule has 0 bridgehead atoms. The first-order chi connectivity index (χ1) is 17.5. The Hall–Kier alpha value is -3.90. The van der Waals surface area contributed by atoms with Gasteiger partial charge in [0.15, 0.2) is 5.11 Å². The molecule has 0 radical (unpaired) electrons. The molecule has 0 unspecified atom stereocenters. The van der Waals surface area contributed by atoms with Crippen molar-refractivity contribution in [1.29, 1.82) is 0 Å². The highest BCUT2D eigenvalue weighted by Crippen LogP contribution is 2.33. The van der Waals surface area contributed by atoms with Crippen LogP contribution in [0.25, 0.3) is 21.9 Å². The van der Waals surface area contributed by atoms with Crippen LogP contribution in [0.2, 0.25) is 0 Å². The predicted molar refractivity (Wildman–Crippen MR) is 151 cm³/mol. The molecule has 6 heteroatoms. The van der Waals surface area contributed by atoms with Crippen LogP contribution in [-0.4, -0.2) is 29.3 Å². The largest absolute Gasteiger partial charge is 0.491 e. The second kappa shape index (κ2) is 12.2. The molecule has 4 aromatic rings. The van der Waals surface area contributed by atoms with E-state index >= 15 is 0 Å². The minimum absolute atomic E-state index is 0.0902. The lowest BCUT2D eigenvalue weighted by Gasteiger charge is -2.16. The number of benzene rings is 4. The highest BCUT2D eigenvalue weighted by Gasteiger charge is 2.11. The molecule has 184 valence electrons. The fourth-order valence-electron chi connectivity index (χ4n) is 4.13. The quantitative estimate of drug-likeness (QED) is 0.172. The number of hydrogen-bond donors (Lipinski definition) is 3. The summed E-state index contributed by atoms with van der Waals surface area (Å²) in [4.78, 5) is 11.1. The van der Waals surface area contributed by atoms with Gasteiger partial charge in [-0.25, -0.2) is 0 Å². The van der Waals surface area contributed by atoms with Gasteiger partial charge in [0.1, 0.15) is 12.4 Å². The Kier molecular flexibility index (Phi) is 8.53. The monoisotopic (exact) mass is 498 g/mol. The van der Waals surface area contributed by atoms with Crippen molar-refractivity contribution in [2.45, 2.75) is 26.2 Å². The summed E-state index contributed by atoms with van der Waals surface area (Å²) in [5.41, 5.74) is 5.16. The van der Waals surface area contributed by atoms with Gasteiger partial charge >= 0.3 is 5.97 Å². The van der Waals surface area contributed by atoms with E-state index in [1.807, 2.05) is 48.5 Å². The van der Waals surface area contributed by atoms with Crippen molar-refractivity contribution in [1.82, 2.24) is 5.32 Å². The van der Waals surface area contributed by atoms with Gasteiger partial charge < -0.3 is 20.5 Å². The standard InChI is InChI=1S/C30H30N2O3S/c1-2-22-7-5-6-10-27(22)32-30(36)31-17-18-35-28-15-11-21(12-16-29(33)34)19-26(28)25-14-13-23-8-3-4-9-24(23)20-25/h3-11,13-15,19-20H,2,12,16-18H2,1H3,(H,33,34)(H2,31,32,36). The molecule has 0 atom stereocenters. The van der Waals surface area contributed by atoms with E-state index in [1.165, 1.54) is 10.9 Å². The Bertz CT molecular complexity index is 1370. The molecule has 3 N–H and O–H groups in total. The van der Waals surface area contributed by atoms with Gasteiger partial charge in [0, 0.05) is 17.7 Å². The SMILES string of the molecule is CCc1ccccc1NC(=S)NCCOc1ccc(CCC(=O)O)cc1-c1ccc2ccccc2c1. The Balaban J connectivity index is 1.45. The van der Waals surface area contributed by atoms with Gasteiger partial charge in [0.25, 0.3) is 0 Å². The first-order valence-electron chi connectivity index (χ1n) is 12.1. The summed E-state index contributed by atoms with van der Waals surface area (Å²) in [5, 5.41) is 18.4. The van der Waals surface area contributed by atoms with Crippen LogP contribution in [0.15, 0.2) is 84.9 Å². The number of ether oxygens (including phenoxy) is 1. The molecular formula is C30H30N2O3S. The van der Waals surface area contributed by atoms with Crippen molar-refractivity contribution in [3.05, 3.63) is 96.1 Å². The molecule has 0 aliphatic rings. The third-order valence-electron chi connectivity index (χ3n) is 6.02. The maximum atomic E-state index is 11.1. The molecule has 4 rings (SSSR count). The molecule has 0 heterocycles. The summed E-state index contributed by atoms with van der Waals surface area (Å²) < 4.78 is 6.16. The highest BCUT2D eigenvalue weighted by atomic mass is 32.1. The van der Waals surface area contributed by atoms with Crippen LogP contribution >= 0.6 is 12.2 Å². The van der Waals surface area contributed by atoms with Gasteiger partial charge in [-0.15, -0.1) is 0 Å². The van der Waals surface area contributed by atoms with E-state index in [0.717, 1.165) is 39.9 Å². The maximum absolute atomic E-state index is 11.1. The topological polar surface area (TPSA) is 70.6 Å². The molecule has 0 fully saturated rings. The van der Waals surface area contributed by atoms with E-state index in [-0.39, 0.29) is 6.42 Å². The Morgan fingerprint density at radius 2 is 1.72 bits per heavy atom. The van der Waals surface area contributed by atoms with E-state index in [4.69, 9.17) is 22.1 Å². The summed E-state index contributed by atoms with van der Waals surface area (Å²) in [6.07, 6.45) is 1.48. The highest BCUT2D eigenvalue weighted by molar-refractivity contribution is 7.80. The second-order valence-corrected chi connectivity index (χ2v) is 8.93. The maximum Gasteiger partial charge on any atom is 0.303 e. The van der Waals surface area contributed by atoms with Crippen LogP contribution in [0.4, 0.5) is 5.69 Å².